The van der Waals surface area contributed by atoms with E-state index in [2.05, 4.69) is 5.32 Å². The molecule has 1 aromatic rings. The van der Waals surface area contributed by atoms with Crippen molar-refractivity contribution in [2.75, 3.05) is 13.2 Å². The van der Waals surface area contributed by atoms with Crippen molar-refractivity contribution >= 4 is 11.9 Å². The summed E-state index contributed by atoms with van der Waals surface area (Å²) >= 11 is 0. The maximum Gasteiger partial charge on any atom is 0.416 e. The number of alkyl halides is 6. The van der Waals surface area contributed by atoms with E-state index in [1.807, 2.05) is 0 Å². The Hall–Kier alpha value is -2.30. The maximum absolute atomic E-state index is 12.7. The van der Waals surface area contributed by atoms with Crippen molar-refractivity contribution in [3.63, 3.8) is 0 Å². The zero-order valence-electron chi connectivity index (χ0n) is 12.7. The minimum atomic E-state index is -5.06. The molecule has 0 saturated carbocycles. The Balaban J connectivity index is 2.89. The van der Waals surface area contributed by atoms with Crippen LogP contribution in [0.1, 0.15) is 28.4 Å². The molecule has 1 unspecified atom stereocenters. The number of ether oxygens (including phenoxy) is 1. The van der Waals surface area contributed by atoms with Crippen LogP contribution in [0.2, 0.25) is 0 Å². The first kappa shape index (κ1) is 20.7. The maximum atomic E-state index is 12.7. The number of carboxylic acid groups (broad SMARTS) is 1. The van der Waals surface area contributed by atoms with Gasteiger partial charge in [-0.1, -0.05) is 0 Å². The zero-order valence-corrected chi connectivity index (χ0v) is 12.7. The van der Waals surface area contributed by atoms with Crippen molar-refractivity contribution in [2.24, 2.45) is 0 Å². The number of halogens is 6. The highest BCUT2D eigenvalue weighted by Gasteiger charge is 2.37. The van der Waals surface area contributed by atoms with Crippen LogP contribution in [0.15, 0.2) is 18.2 Å². The third-order valence-electron chi connectivity index (χ3n) is 2.95. The fraction of sp³-hybridized carbons (Fsp3) is 0.429. The number of amides is 1. The van der Waals surface area contributed by atoms with Gasteiger partial charge in [-0.05, 0) is 25.1 Å². The average molecular weight is 373 g/mol. The van der Waals surface area contributed by atoms with E-state index in [-0.39, 0.29) is 19.2 Å². The summed E-state index contributed by atoms with van der Waals surface area (Å²) in [6.07, 6.45) is -11.3. The van der Waals surface area contributed by atoms with Crippen molar-refractivity contribution in [3.05, 3.63) is 34.9 Å². The summed E-state index contributed by atoms with van der Waals surface area (Å²) in [5, 5.41) is 10.6. The van der Waals surface area contributed by atoms with Crippen LogP contribution in [-0.4, -0.2) is 36.2 Å². The number of rotatable bonds is 6. The fourth-order valence-electron chi connectivity index (χ4n) is 1.66. The Morgan fingerprint density at radius 2 is 1.56 bits per heavy atom. The van der Waals surface area contributed by atoms with Gasteiger partial charge < -0.3 is 15.2 Å². The van der Waals surface area contributed by atoms with Gasteiger partial charge in [0.25, 0.3) is 5.91 Å². The molecule has 11 heteroatoms. The van der Waals surface area contributed by atoms with Crippen molar-refractivity contribution in [2.45, 2.75) is 25.4 Å². The van der Waals surface area contributed by atoms with Gasteiger partial charge in [-0.2, -0.15) is 26.3 Å². The van der Waals surface area contributed by atoms with Gasteiger partial charge in [0.15, 0.2) is 6.10 Å². The molecule has 1 atom stereocenters. The molecule has 0 aliphatic rings. The summed E-state index contributed by atoms with van der Waals surface area (Å²) < 4.78 is 80.9. The third-order valence-corrected chi connectivity index (χ3v) is 2.95. The van der Waals surface area contributed by atoms with Gasteiger partial charge in [-0.3, -0.25) is 4.79 Å². The number of carbonyl (C=O) groups excluding carboxylic acids is 1. The van der Waals surface area contributed by atoms with Gasteiger partial charge >= 0.3 is 18.3 Å². The van der Waals surface area contributed by atoms with E-state index in [4.69, 9.17) is 9.84 Å². The summed E-state index contributed by atoms with van der Waals surface area (Å²) in [4.78, 5) is 22.3. The molecule has 2 N–H and O–H groups in total. The number of carboxylic acids is 1. The van der Waals surface area contributed by atoms with Gasteiger partial charge in [-0.25, -0.2) is 4.79 Å². The normalized spacial score (nSPS) is 13.4. The predicted molar refractivity (Wildman–Crippen MR) is 71.8 cm³/mol. The number of benzene rings is 1. The Labute approximate surface area is 137 Å². The quantitative estimate of drug-likeness (QED) is 0.594. The van der Waals surface area contributed by atoms with E-state index in [0.717, 1.165) is 0 Å². The molecular formula is C14H13F6NO4. The first-order valence-corrected chi connectivity index (χ1v) is 6.74. The highest BCUT2D eigenvalue weighted by atomic mass is 19.4. The van der Waals surface area contributed by atoms with E-state index >= 15 is 0 Å². The second-order valence-corrected chi connectivity index (χ2v) is 4.90. The van der Waals surface area contributed by atoms with Crippen molar-refractivity contribution in [3.8, 4) is 0 Å². The zero-order chi connectivity index (χ0) is 19.4. The highest BCUT2D eigenvalue weighted by molar-refractivity contribution is 5.94. The summed E-state index contributed by atoms with van der Waals surface area (Å²) in [5.74, 6) is -2.44. The van der Waals surface area contributed by atoms with Crippen LogP contribution in [0.3, 0.4) is 0 Å². The first-order chi connectivity index (χ1) is 11.3. The Morgan fingerprint density at radius 3 is 1.96 bits per heavy atom. The number of aliphatic carboxylic acids is 1. The topological polar surface area (TPSA) is 75.6 Å². The summed E-state index contributed by atoms with van der Waals surface area (Å²) in [6, 6.07) is 0.505. The van der Waals surface area contributed by atoms with Gasteiger partial charge in [0.2, 0.25) is 0 Å². The molecule has 0 aliphatic carbocycles. The minimum Gasteiger partial charge on any atom is -0.479 e. The summed E-state index contributed by atoms with van der Waals surface area (Å²) in [5.41, 5.74) is -4.04. The highest BCUT2D eigenvalue weighted by Crippen LogP contribution is 2.36. The van der Waals surface area contributed by atoms with E-state index < -0.39 is 47.0 Å². The SMILES string of the molecule is CC(OCCNC(=O)c1cc(C(F)(F)F)cc(C(F)(F)F)c1)C(=O)O. The molecule has 25 heavy (non-hydrogen) atoms. The van der Waals surface area contributed by atoms with Gasteiger partial charge in [0, 0.05) is 12.1 Å². The monoisotopic (exact) mass is 373 g/mol. The lowest BCUT2D eigenvalue weighted by atomic mass is 10.0. The van der Waals surface area contributed by atoms with E-state index in [0.29, 0.717) is 12.1 Å². The smallest absolute Gasteiger partial charge is 0.416 e. The molecule has 0 radical (unpaired) electrons. The number of nitrogens with one attached hydrogen (secondary N) is 1. The van der Waals surface area contributed by atoms with Crippen molar-refractivity contribution < 1.29 is 45.8 Å². The predicted octanol–water partition coefficient (Wildman–Crippen LogP) is 2.94. The van der Waals surface area contributed by atoms with Crippen LogP contribution < -0.4 is 5.32 Å². The Bertz CT molecular complexity index is 609. The van der Waals surface area contributed by atoms with Gasteiger partial charge in [0.05, 0.1) is 17.7 Å². The van der Waals surface area contributed by atoms with Crippen LogP contribution in [0.5, 0.6) is 0 Å². The fourth-order valence-corrected chi connectivity index (χ4v) is 1.66. The molecule has 1 aromatic carbocycles. The second-order valence-electron chi connectivity index (χ2n) is 4.90. The molecule has 140 valence electrons. The molecule has 0 saturated heterocycles. The van der Waals surface area contributed by atoms with E-state index in [1.165, 1.54) is 6.92 Å². The summed E-state index contributed by atoms with van der Waals surface area (Å²) in [6.45, 7) is 0.630. The lowest BCUT2D eigenvalue weighted by molar-refractivity contribution is -0.149. The lowest BCUT2D eigenvalue weighted by Gasteiger charge is -2.14. The molecular weight excluding hydrogens is 360 g/mol. The number of hydrogen-bond donors (Lipinski definition) is 2. The molecule has 0 aliphatic heterocycles. The van der Waals surface area contributed by atoms with Gasteiger partial charge in [-0.15, -0.1) is 0 Å². The molecule has 5 nitrogen and oxygen atoms in total. The van der Waals surface area contributed by atoms with Crippen LogP contribution in [0, 0.1) is 0 Å². The van der Waals surface area contributed by atoms with Crippen molar-refractivity contribution in [1.29, 1.82) is 0 Å². The number of carbonyl (C=O) groups is 2. The van der Waals surface area contributed by atoms with Gasteiger partial charge in [0.1, 0.15) is 0 Å². The van der Waals surface area contributed by atoms with Crippen LogP contribution in [-0.2, 0) is 21.9 Å². The molecule has 1 rings (SSSR count). The van der Waals surface area contributed by atoms with Crippen LogP contribution in [0.25, 0.3) is 0 Å². The second kappa shape index (κ2) is 7.72. The van der Waals surface area contributed by atoms with E-state index in [9.17, 15) is 35.9 Å². The molecule has 1 amide bonds. The lowest BCUT2D eigenvalue weighted by Crippen LogP contribution is -2.30. The van der Waals surface area contributed by atoms with Crippen LogP contribution in [0.4, 0.5) is 26.3 Å². The Kier molecular flexibility index (Phi) is 6.41. The first-order valence-electron chi connectivity index (χ1n) is 6.74. The Morgan fingerprint density at radius 1 is 1.08 bits per heavy atom. The molecule has 0 heterocycles. The molecule has 0 spiro atoms. The largest absolute Gasteiger partial charge is 0.479 e. The average Bonchev–Trinajstić information content (AvgIpc) is 2.48. The minimum absolute atomic E-state index is 0.0889. The number of hydrogen-bond acceptors (Lipinski definition) is 3. The molecule has 0 aromatic heterocycles. The van der Waals surface area contributed by atoms with E-state index in [1.54, 1.807) is 0 Å². The molecule has 0 fully saturated rings. The molecule has 0 bridgehead atoms. The van der Waals surface area contributed by atoms with Crippen LogP contribution >= 0.6 is 0 Å². The summed E-state index contributed by atoms with van der Waals surface area (Å²) in [7, 11) is 0. The standard InChI is InChI=1S/C14H13F6NO4/c1-7(12(23)24)25-3-2-21-11(22)8-4-9(13(15,16)17)6-10(5-8)14(18,19)20/h4-7H,2-3H2,1H3,(H,21,22)(H,23,24). The van der Waals surface area contributed by atoms with Crippen molar-refractivity contribution in [1.82, 2.24) is 5.32 Å². The third kappa shape index (κ3) is 6.25.